The fraction of sp³-hybridized carbons (Fsp3) is 0.923. The zero-order valence-electron chi connectivity index (χ0n) is 10.5. The second-order valence-electron chi connectivity index (χ2n) is 6.29. The van der Waals surface area contributed by atoms with Crippen LogP contribution >= 0.6 is 0 Å². The maximum Gasteiger partial charge on any atom is 0.227 e. The average Bonchev–Trinajstić information content (AvgIpc) is 2.70. The zero-order chi connectivity index (χ0) is 11.8. The van der Waals surface area contributed by atoms with Crippen molar-refractivity contribution in [1.29, 1.82) is 0 Å². The maximum atomic E-state index is 12.2. The summed E-state index contributed by atoms with van der Waals surface area (Å²) in [6.07, 6.45) is 5.49. The van der Waals surface area contributed by atoms with Gasteiger partial charge in [0, 0.05) is 13.1 Å². The first-order valence-corrected chi connectivity index (χ1v) is 6.49. The Labute approximate surface area is 98.2 Å². The van der Waals surface area contributed by atoms with Crippen molar-refractivity contribution in [3.63, 3.8) is 0 Å². The number of amides is 1. The zero-order valence-corrected chi connectivity index (χ0v) is 10.5. The summed E-state index contributed by atoms with van der Waals surface area (Å²) in [4.78, 5) is 12.2. The summed E-state index contributed by atoms with van der Waals surface area (Å²) >= 11 is 0. The highest BCUT2D eigenvalue weighted by molar-refractivity contribution is 5.83. The topological polar surface area (TPSA) is 55.1 Å². The van der Waals surface area contributed by atoms with Crippen LogP contribution in [0.25, 0.3) is 0 Å². The summed E-state index contributed by atoms with van der Waals surface area (Å²) < 4.78 is 0. The van der Waals surface area contributed by atoms with Crippen LogP contribution in [0.1, 0.15) is 46.0 Å². The van der Waals surface area contributed by atoms with Crippen LogP contribution in [0.5, 0.6) is 0 Å². The standard InChI is InChI=1S/C13H24N2O/c1-12(2)7-10(12)8-15-11(16)13(9-14)5-3-4-6-13/h10H,3-9,14H2,1-2H3,(H,15,16). The summed E-state index contributed by atoms with van der Waals surface area (Å²) in [7, 11) is 0. The molecular weight excluding hydrogens is 200 g/mol. The van der Waals surface area contributed by atoms with Gasteiger partial charge in [-0.3, -0.25) is 4.79 Å². The molecule has 0 spiro atoms. The van der Waals surface area contributed by atoms with Gasteiger partial charge in [0.15, 0.2) is 0 Å². The van der Waals surface area contributed by atoms with Gasteiger partial charge < -0.3 is 11.1 Å². The molecule has 1 amide bonds. The molecule has 2 rings (SSSR count). The molecule has 0 aromatic carbocycles. The molecule has 2 aliphatic rings. The molecule has 0 saturated heterocycles. The van der Waals surface area contributed by atoms with E-state index in [9.17, 15) is 4.79 Å². The summed E-state index contributed by atoms with van der Waals surface area (Å²) in [5, 5.41) is 3.11. The molecule has 0 aromatic heterocycles. The first-order chi connectivity index (χ1) is 7.50. The van der Waals surface area contributed by atoms with Crippen molar-refractivity contribution in [2.45, 2.75) is 46.0 Å². The van der Waals surface area contributed by atoms with Gasteiger partial charge in [-0.2, -0.15) is 0 Å². The van der Waals surface area contributed by atoms with E-state index in [1.807, 2.05) is 0 Å². The SMILES string of the molecule is CC1(C)CC1CNC(=O)C1(CN)CCCC1. The number of carbonyl (C=O) groups excluding carboxylic acids is 1. The van der Waals surface area contributed by atoms with E-state index in [-0.39, 0.29) is 11.3 Å². The van der Waals surface area contributed by atoms with Gasteiger partial charge in [-0.15, -0.1) is 0 Å². The molecule has 0 aliphatic heterocycles. The number of carbonyl (C=O) groups is 1. The van der Waals surface area contributed by atoms with E-state index in [2.05, 4.69) is 19.2 Å². The Balaban J connectivity index is 1.83. The van der Waals surface area contributed by atoms with Gasteiger partial charge in [0.1, 0.15) is 0 Å². The van der Waals surface area contributed by atoms with E-state index in [1.165, 1.54) is 6.42 Å². The maximum absolute atomic E-state index is 12.2. The first-order valence-electron chi connectivity index (χ1n) is 6.49. The second kappa shape index (κ2) is 4.02. The van der Waals surface area contributed by atoms with Gasteiger partial charge in [0.25, 0.3) is 0 Å². The van der Waals surface area contributed by atoms with Crippen molar-refractivity contribution in [3.05, 3.63) is 0 Å². The third kappa shape index (κ3) is 2.10. The Morgan fingerprint density at radius 3 is 2.38 bits per heavy atom. The molecule has 3 heteroatoms. The predicted molar refractivity (Wildman–Crippen MR) is 64.9 cm³/mol. The fourth-order valence-electron chi connectivity index (χ4n) is 2.90. The van der Waals surface area contributed by atoms with Crippen molar-refractivity contribution in [2.75, 3.05) is 13.1 Å². The monoisotopic (exact) mass is 224 g/mol. The quantitative estimate of drug-likeness (QED) is 0.763. The molecule has 3 nitrogen and oxygen atoms in total. The van der Waals surface area contributed by atoms with Gasteiger partial charge in [0.05, 0.1) is 5.41 Å². The lowest BCUT2D eigenvalue weighted by molar-refractivity contribution is -0.130. The molecule has 1 atom stereocenters. The van der Waals surface area contributed by atoms with Gasteiger partial charge >= 0.3 is 0 Å². The number of hydrogen-bond donors (Lipinski definition) is 2. The van der Waals surface area contributed by atoms with Crippen LogP contribution in [0.3, 0.4) is 0 Å². The molecule has 1 unspecified atom stereocenters. The Bertz CT molecular complexity index is 280. The van der Waals surface area contributed by atoms with Crippen LogP contribution in [0, 0.1) is 16.7 Å². The molecule has 0 heterocycles. The summed E-state index contributed by atoms with van der Waals surface area (Å²) in [6.45, 7) is 5.87. The first kappa shape index (κ1) is 11.9. The summed E-state index contributed by atoms with van der Waals surface area (Å²) in [5.74, 6) is 0.878. The molecule has 2 fully saturated rings. The average molecular weight is 224 g/mol. The minimum absolute atomic E-state index is 0.204. The van der Waals surface area contributed by atoms with Crippen LogP contribution in [-0.4, -0.2) is 19.0 Å². The lowest BCUT2D eigenvalue weighted by atomic mass is 9.85. The number of rotatable bonds is 4. The van der Waals surface area contributed by atoms with Gasteiger partial charge in [-0.25, -0.2) is 0 Å². The van der Waals surface area contributed by atoms with Crippen LogP contribution in [0.2, 0.25) is 0 Å². The van der Waals surface area contributed by atoms with Gasteiger partial charge in [0.2, 0.25) is 5.91 Å². The fourth-order valence-corrected chi connectivity index (χ4v) is 2.90. The Hall–Kier alpha value is -0.570. The number of nitrogens with one attached hydrogen (secondary N) is 1. The van der Waals surface area contributed by atoms with Crippen LogP contribution in [0.15, 0.2) is 0 Å². The minimum atomic E-state index is -0.237. The van der Waals surface area contributed by atoms with E-state index in [4.69, 9.17) is 5.73 Å². The molecule has 92 valence electrons. The van der Waals surface area contributed by atoms with E-state index in [1.54, 1.807) is 0 Å². The molecule has 16 heavy (non-hydrogen) atoms. The van der Waals surface area contributed by atoms with E-state index >= 15 is 0 Å². The lowest BCUT2D eigenvalue weighted by Gasteiger charge is -2.25. The third-order valence-electron chi connectivity index (χ3n) is 4.66. The third-order valence-corrected chi connectivity index (χ3v) is 4.66. The molecule has 0 bridgehead atoms. The molecule has 2 saturated carbocycles. The predicted octanol–water partition coefficient (Wildman–Crippen LogP) is 1.67. The van der Waals surface area contributed by atoms with Gasteiger partial charge in [-0.1, -0.05) is 26.7 Å². The largest absolute Gasteiger partial charge is 0.355 e. The minimum Gasteiger partial charge on any atom is -0.355 e. The molecular formula is C13H24N2O. The Morgan fingerprint density at radius 1 is 1.38 bits per heavy atom. The highest BCUT2D eigenvalue weighted by Crippen LogP contribution is 2.51. The molecule has 3 N–H and O–H groups in total. The van der Waals surface area contributed by atoms with Crippen molar-refractivity contribution >= 4 is 5.91 Å². The van der Waals surface area contributed by atoms with Gasteiger partial charge in [-0.05, 0) is 30.6 Å². The summed E-state index contributed by atoms with van der Waals surface area (Å²) in [6, 6.07) is 0. The lowest BCUT2D eigenvalue weighted by Crippen LogP contribution is -2.44. The molecule has 2 aliphatic carbocycles. The van der Waals surface area contributed by atoms with Crippen molar-refractivity contribution in [2.24, 2.45) is 22.5 Å². The Kier molecular flexibility index (Phi) is 2.99. The summed E-state index contributed by atoms with van der Waals surface area (Å²) in [5.41, 5.74) is 5.99. The second-order valence-corrected chi connectivity index (χ2v) is 6.29. The van der Waals surface area contributed by atoms with E-state index in [0.717, 1.165) is 32.2 Å². The highest BCUT2D eigenvalue weighted by atomic mass is 16.2. The molecule has 0 radical (unpaired) electrons. The normalized spacial score (nSPS) is 30.1. The molecule has 0 aromatic rings. The van der Waals surface area contributed by atoms with Crippen LogP contribution in [-0.2, 0) is 4.79 Å². The van der Waals surface area contributed by atoms with Crippen molar-refractivity contribution < 1.29 is 4.79 Å². The number of hydrogen-bond acceptors (Lipinski definition) is 2. The Morgan fingerprint density at radius 2 is 1.94 bits per heavy atom. The van der Waals surface area contributed by atoms with E-state index in [0.29, 0.717) is 17.9 Å². The van der Waals surface area contributed by atoms with Crippen molar-refractivity contribution in [1.82, 2.24) is 5.32 Å². The van der Waals surface area contributed by atoms with Crippen molar-refractivity contribution in [3.8, 4) is 0 Å². The van der Waals surface area contributed by atoms with Crippen LogP contribution in [0.4, 0.5) is 0 Å². The van der Waals surface area contributed by atoms with E-state index < -0.39 is 0 Å². The smallest absolute Gasteiger partial charge is 0.227 e. The number of nitrogens with two attached hydrogens (primary N) is 1. The van der Waals surface area contributed by atoms with Crippen LogP contribution < -0.4 is 11.1 Å². The highest BCUT2D eigenvalue weighted by Gasteiger charge is 2.46.